The molecule has 2 fully saturated rings. The molecule has 2 aliphatic rings. The second-order valence-electron chi connectivity index (χ2n) is 5.88. The number of nitrogens with one attached hydrogen (secondary N) is 2. The first-order valence-corrected chi connectivity index (χ1v) is 8.59. The van der Waals surface area contributed by atoms with Crippen LogP contribution in [0.25, 0.3) is 0 Å². The first kappa shape index (κ1) is 16.4. The van der Waals surface area contributed by atoms with Crippen LogP contribution in [0.15, 0.2) is 4.99 Å². The minimum absolute atomic E-state index is 0.0357. The minimum atomic E-state index is 0.0357. The minimum Gasteiger partial charge on any atom is -0.374 e. The number of carbonyl (C=O) groups excluding carboxylic acids is 1. The van der Waals surface area contributed by atoms with Crippen molar-refractivity contribution >= 4 is 23.6 Å². The maximum absolute atomic E-state index is 11.6. The van der Waals surface area contributed by atoms with Crippen LogP contribution < -0.4 is 10.6 Å². The van der Waals surface area contributed by atoms with E-state index in [4.69, 9.17) is 4.74 Å². The third-order valence-corrected chi connectivity index (χ3v) is 5.25. The molecule has 120 valence electrons. The SMILES string of the molecule is CN=C(NCC(=O)N(C)C)NC1CCOC2(CCSC2)C1. The predicted octanol–water partition coefficient (Wildman–Crippen LogP) is 0.294. The lowest BCUT2D eigenvalue weighted by Crippen LogP contribution is -2.52. The van der Waals surface area contributed by atoms with Crippen molar-refractivity contribution < 1.29 is 9.53 Å². The number of likely N-dealkylation sites (N-methyl/N-ethyl adjacent to an activating group) is 1. The fourth-order valence-electron chi connectivity index (χ4n) is 2.72. The monoisotopic (exact) mass is 314 g/mol. The van der Waals surface area contributed by atoms with E-state index < -0.39 is 0 Å². The van der Waals surface area contributed by atoms with Gasteiger partial charge in [-0.2, -0.15) is 11.8 Å². The molecule has 0 aromatic rings. The van der Waals surface area contributed by atoms with Gasteiger partial charge in [0, 0.05) is 39.5 Å². The van der Waals surface area contributed by atoms with Crippen molar-refractivity contribution in [3.8, 4) is 0 Å². The Hall–Kier alpha value is -0.950. The number of hydrogen-bond acceptors (Lipinski definition) is 4. The Kier molecular flexibility index (Phi) is 5.75. The lowest BCUT2D eigenvalue weighted by atomic mass is 9.90. The summed E-state index contributed by atoms with van der Waals surface area (Å²) in [6.45, 7) is 1.06. The third-order valence-electron chi connectivity index (χ3n) is 4.03. The Labute approximate surface area is 131 Å². The molecule has 21 heavy (non-hydrogen) atoms. The Morgan fingerprint density at radius 3 is 2.95 bits per heavy atom. The van der Waals surface area contributed by atoms with Crippen molar-refractivity contribution in [3.63, 3.8) is 0 Å². The van der Waals surface area contributed by atoms with Crippen LogP contribution in [-0.4, -0.2) is 74.2 Å². The summed E-state index contributed by atoms with van der Waals surface area (Å²) < 4.78 is 6.02. The first-order chi connectivity index (χ1) is 10.0. The molecular formula is C14H26N4O2S. The van der Waals surface area contributed by atoms with E-state index in [1.54, 1.807) is 26.0 Å². The van der Waals surface area contributed by atoms with E-state index in [0.29, 0.717) is 12.0 Å². The van der Waals surface area contributed by atoms with Gasteiger partial charge in [0.2, 0.25) is 5.91 Å². The van der Waals surface area contributed by atoms with Crippen molar-refractivity contribution in [2.75, 3.05) is 45.8 Å². The van der Waals surface area contributed by atoms with Gasteiger partial charge in [0.05, 0.1) is 12.1 Å². The van der Waals surface area contributed by atoms with E-state index in [9.17, 15) is 4.79 Å². The van der Waals surface area contributed by atoms with Crippen LogP contribution in [0.5, 0.6) is 0 Å². The highest BCUT2D eigenvalue weighted by Gasteiger charge is 2.40. The van der Waals surface area contributed by atoms with Gasteiger partial charge in [0.15, 0.2) is 5.96 Å². The Balaban J connectivity index is 1.82. The largest absolute Gasteiger partial charge is 0.374 e. The van der Waals surface area contributed by atoms with Gasteiger partial charge >= 0.3 is 0 Å². The quantitative estimate of drug-likeness (QED) is 0.579. The first-order valence-electron chi connectivity index (χ1n) is 7.44. The standard InChI is InChI=1S/C14H26N4O2S/c1-15-13(16-9-12(19)18(2)3)17-11-4-6-20-14(8-11)5-7-21-10-14/h11H,4-10H2,1-3H3,(H2,15,16,17). The summed E-state index contributed by atoms with van der Waals surface area (Å²) in [5.41, 5.74) is 0.0545. The molecule has 2 unspecified atom stereocenters. The molecule has 2 atom stereocenters. The lowest BCUT2D eigenvalue weighted by Gasteiger charge is -2.38. The van der Waals surface area contributed by atoms with Gasteiger partial charge in [-0.1, -0.05) is 0 Å². The normalized spacial score (nSPS) is 29.5. The topological polar surface area (TPSA) is 66.0 Å². The molecule has 0 bridgehead atoms. The summed E-state index contributed by atoms with van der Waals surface area (Å²) in [5, 5.41) is 6.51. The Morgan fingerprint density at radius 1 is 1.52 bits per heavy atom. The summed E-state index contributed by atoms with van der Waals surface area (Å²) in [7, 11) is 5.23. The third kappa shape index (κ3) is 4.51. The van der Waals surface area contributed by atoms with Gasteiger partial charge in [-0.05, 0) is 25.0 Å². The number of nitrogens with zero attached hydrogens (tertiary/aromatic N) is 2. The lowest BCUT2D eigenvalue weighted by molar-refractivity contribution is -0.127. The molecule has 6 nitrogen and oxygen atoms in total. The number of rotatable bonds is 3. The van der Waals surface area contributed by atoms with Gasteiger partial charge < -0.3 is 20.3 Å². The highest BCUT2D eigenvalue weighted by molar-refractivity contribution is 7.99. The fourth-order valence-corrected chi connectivity index (χ4v) is 4.10. The van der Waals surface area contributed by atoms with E-state index in [0.717, 1.165) is 31.6 Å². The molecule has 2 heterocycles. The summed E-state index contributed by atoms with van der Waals surface area (Å²) in [4.78, 5) is 17.4. The number of aliphatic imine (C=N–C) groups is 1. The van der Waals surface area contributed by atoms with Crippen LogP contribution in [0.2, 0.25) is 0 Å². The molecule has 1 amide bonds. The van der Waals surface area contributed by atoms with Crippen LogP contribution in [0.4, 0.5) is 0 Å². The van der Waals surface area contributed by atoms with E-state index in [1.807, 2.05) is 11.8 Å². The maximum Gasteiger partial charge on any atom is 0.241 e. The van der Waals surface area contributed by atoms with Crippen molar-refractivity contribution in [2.24, 2.45) is 4.99 Å². The number of thioether (sulfide) groups is 1. The summed E-state index contributed by atoms with van der Waals surface area (Å²) in [6, 6.07) is 0.359. The number of guanidine groups is 1. The molecule has 0 aromatic carbocycles. The van der Waals surface area contributed by atoms with Crippen molar-refractivity contribution in [1.29, 1.82) is 0 Å². The van der Waals surface area contributed by atoms with Crippen LogP contribution >= 0.6 is 11.8 Å². The molecule has 7 heteroatoms. The zero-order valence-corrected chi connectivity index (χ0v) is 14.0. The second-order valence-corrected chi connectivity index (χ2v) is 6.99. The molecule has 0 aliphatic carbocycles. The molecular weight excluding hydrogens is 288 g/mol. The van der Waals surface area contributed by atoms with Crippen LogP contribution in [0.1, 0.15) is 19.3 Å². The van der Waals surface area contributed by atoms with Gasteiger partial charge in [-0.25, -0.2) is 0 Å². The van der Waals surface area contributed by atoms with E-state index in [-0.39, 0.29) is 18.1 Å². The number of ether oxygens (including phenoxy) is 1. The molecule has 0 saturated carbocycles. The van der Waals surface area contributed by atoms with Crippen molar-refractivity contribution in [3.05, 3.63) is 0 Å². The molecule has 2 rings (SSSR count). The fraction of sp³-hybridized carbons (Fsp3) is 0.857. The van der Waals surface area contributed by atoms with Gasteiger partial charge in [-0.15, -0.1) is 0 Å². The number of carbonyl (C=O) groups is 1. The van der Waals surface area contributed by atoms with Crippen LogP contribution in [0, 0.1) is 0 Å². The van der Waals surface area contributed by atoms with Gasteiger partial charge in [0.1, 0.15) is 0 Å². The van der Waals surface area contributed by atoms with Gasteiger partial charge in [0.25, 0.3) is 0 Å². The molecule has 2 aliphatic heterocycles. The summed E-state index contributed by atoms with van der Waals surface area (Å²) in [6.07, 6.45) is 3.14. The van der Waals surface area contributed by atoms with Crippen LogP contribution in [0.3, 0.4) is 0 Å². The summed E-state index contributed by atoms with van der Waals surface area (Å²) >= 11 is 1.97. The Bertz CT molecular complexity index is 394. The van der Waals surface area contributed by atoms with Crippen molar-refractivity contribution in [1.82, 2.24) is 15.5 Å². The molecule has 0 aromatic heterocycles. The predicted molar refractivity (Wildman–Crippen MR) is 86.8 cm³/mol. The number of amides is 1. The molecule has 0 radical (unpaired) electrons. The zero-order valence-electron chi connectivity index (χ0n) is 13.1. The van der Waals surface area contributed by atoms with E-state index in [1.165, 1.54) is 5.75 Å². The van der Waals surface area contributed by atoms with Crippen molar-refractivity contribution in [2.45, 2.75) is 30.9 Å². The smallest absolute Gasteiger partial charge is 0.241 e. The van der Waals surface area contributed by atoms with Crippen LogP contribution in [-0.2, 0) is 9.53 Å². The molecule has 2 saturated heterocycles. The highest BCUT2D eigenvalue weighted by Crippen LogP contribution is 2.38. The zero-order chi connectivity index (χ0) is 15.3. The molecule has 1 spiro atoms. The highest BCUT2D eigenvalue weighted by atomic mass is 32.2. The maximum atomic E-state index is 11.6. The average molecular weight is 314 g/mol. The van der Waals surface area contributed by atoms with E-state index >= 15 is 0 Å². The summed E-state index contributed by atoms with van der Waals surface area (Å²) in [5.74, 6) is 3.01. The van der Waals surface area contributed by atoms with E-state index in [2.05, 4.69) is 15.6 Å². The van der Waals surface area contributed by atoms with Gasteiger partial charge in [-0.3, -0.25) is 9.79 Å². The average Bonchev–Trinajstić information content (AvgIpc) is 2.90. The number of hydrogen-bond donors (Lipinski definition) is 2. The Morgan fingerprint density at radius 2 is 2.33 bits per heavy atom. The molecule has 2 N–H and O–H groups in total. The second kappa shape index (κ2) is 7.35.